The summed E-state index contributed by atoms with van der Waals surface area (Å²) >= 11 is 0. The Balaban J connectivity index is 2.72. The minimum Gasteiger partial charge on any atom is -0.493 e. The summed E-state index contributed by atoms with van der Waals surface area (Å²) < 4.78 is 7.33. The molecule has 0 aromatic carbocycles. The van der Waals surface area contributed by atoms with Gasteiger partial charge in [0.25, 0.3) is 0 Å². The number of nitrogens with zero attached hydrogens (tertiary/aromatic N) is 2. The molecule has 0 saturated heterocycles. The van der Waals surface area contributed by atoms with E-state index < -0.39 is 0 Å². The number of aryl methyl sites for hydroxylation is 1. The van der Waals surface area contributed by atoms with Crippen LogP contribution in [0.15, 0.2) is 12.3 Å². The predicted octanol–water partition coefficient (Wildman–Crippen LogP) is 2.70. The van der Waals surface area contributed by atoms with Crippen molar-refractivity contribution in [2.75, 3.05) is 13.7 Å². The molecule has 0 aliphatic rings. The fourth-order valence-corrected chi connectivity index (χ4v) is 1.91. The van der Waals surface area contributed by atoms with E-state index in [2.05, 4.69) is 44.2 Å². The molecule has 0 spiro atoms. The molecule has 0 radical (unpaired) electrons. The molecule has 0 saturated carbocycles. The van der Waals surface area contributed by atoms with Crippen molar-refractivity contribution in [1.29, 1.82) is 0 Å². The summed E-state index contributed by atoms with van der Waals surface area (Å²) in [6.45, 7) is 10.4. The van der Waals surface area contributed by atoms with Crippen LogP contribution in [-0.4, -0.2) is 29.5 Å². The third-order valence-electron chi connectivity index (χ3n) is 2.85. The first kappa shape index (κ1) is 14.8. The Hall–Kier alpha value is -1.29. The van der Waals surface area contributed by atoms with E-state index in [1.54, 1.807) is 13.3 Å². The number of methoxy groups -OCH3 is 1. The molecule has 1 aromatic rings. The molecule has 102 valence electrons. The third-order valence-corrected chi connectivity index (χ3v) is 2.85. The molecular formula is C14H25N3O. The van der Waals surface area contributed by atoms with Gasteiger partial charge in [0.1, 0.15) is 5.69 Å². The van der Waals surface area contributed by atoms with Gasteiger partial charge in [0, 0.05) is 12.6 Å². The third kappa shape index (κ3) is 3.88. The molecule has 1 heterocycles. The Kier molecular flexibility index (Phi) is 5.92. The summed E-state index contributed by atoms with van der Waals surface area (Å²) in [6, 6.07) is 0.536. The largest absolute Gasteiger partial charge is 0.493 e. The lowest BCUT2D eigenvalue weighted by atomic mass is 10.1. The average Bonchev–Trinajstić information content (AvgIpc) is 2.76. The van der Waals surface area contributed by atoms with Gasteiger partial charge in [0.15, 0.2) is 5.75 Å². The quantitative estimate of drug-likeness (QED) is 0.757. The second-order valence-electron chi connectivity index (χ2n) is 4.66. The van der Waals surface area contributed by atoms with Gasteiger partial charge >= 0.3 is 0 Å². The van der Waals surface area contributed by atoms with Crippen LogP contribution in [0, 0.1) is 0 Å². The summed E-state index contributed by atoms with van der Waals surface area (Å²) in [5.74, 6) is 0.849. The summed E-state index contributed by atoms with van der Waals surface area (Å²) in [4.78, 5) is 0. The van der Waals surface area contributed by atoms with Gasteiger partial charge in [-0.25, -0.2) is 0 Å². The smallest absolute Gasteiger partial charge is 0.164 e. The van der Waals surface area contributed by atoms with E-state index in [0.29, 0.717) is 6.04 Å². The number of nitrogens with one attached hydrogen (secondary N) is 1. The molecule has 1 N–H and O–H groups in total. The molecule has 18 heavy (non-hydrogen) atoms. The fraction of sp³-hybridized carbons (Fsp3) is 0.643. The highest BCUT2D eigenvalue weighted by Gasteiger charge is 2.11. The van der Waals surface area contributed by atoms with E-state index in [9.17, 15) is 0 Å². The van der Waals surface area contributed by atoms with E-state index in [4.69, 9.17) is 4.74 Å². The first-order valence-electron chi connectivity index (χ1n) is 6.60. The minimum atomic E-state index is 0.536. The molecule has 0 atom stereocenters. The van der Waals surface area contributed by atoms with E-state index in [0.717, 1.165) is 31.0 Å². The van der Waals surface area contributed by atoms with Crippen LogP contribution in [0.3, 0.4) is 0 Å². The summed E-state index contributed by atoms with van der Waals surface area (Å²) in [5, 5.41) is 7.72. The number of ether oxygens (including phenoxy) is 1. The summed E-state index contributed by atoms with van der Waals surface area (Å²) in [5.41, 5.74) is 2.31. The van der Waals surface area contributed by atoms with E-state index >= 15 is 0 Å². The Bertz CT molecular complexity index is 372. The molecule has 4 nitrogen and oxygen atoms in total. The van der Waals surface area contributed by atoms with Crippen molar-refractivity contribution in [2.45, 2.75) is 46.7 Å². The van der Waals surface area contributed by atoms with Crippen molar-refractivity contribution in [3.63, 3.8) is 0 Å². The van der Waals surface area contributed by atoms with Crippen molar-refractivity contribution >= 4 is 5.57 Å². The fourth-order valence-electron chi connectivity index (χ4n) is 1.91. The van der Waals surface area contributed by atoms with Gasteiger partial charge in [-0.05, 0) is 32.4 Å². The number of hydrogen-bond acceptors (Lipinski definition) is 3. The highest BCUT2D eigenvalue weighted by Crippen LogP contribution is 2.25. The van der Waals surface area contributed by atoms with Crippen molar-refractivity contribution < 1.29 is 4.74 Å². The normalized spacial score (nSPS) is 12.2. The van der Waals surface area contributed by atoms with Gasteiger partial charge < -0.3 is 10.1 Å². The van der Waals surface area contributed by atoms with Gasteiger partial charge in [-0.3, -0.25) is 4.68 Å². The van der Waals surface area contributed by atoms with E-state index in [1.807, 2.05) is 4.68 Å². The van der Waals surface area contributed by atoms with Crippen LogP contribution in [0.2, 0.25) is 0 Å². The lowest BCUT2D eigenvalue weighted by molar-refractivity contribution is 0.412. The zero-order valence-electron chi connectivity index (χ0n) is 12.2. The van der Waals surface area contributed by atoms with Crippen LogP contribution in [0.1, 0.15) is 39.8 Å². The van der Waals surface area contributed by atoms with Gasteiger partial charge in [-0.1, -0.05) is 19.9 Å². The number of aromatic nitrogens is 2. The zero-order chi connectivity index (χ0) is 13.5. The average molecular weight is 251 g/mol. The van der Waals surface area contributed by atoms with Crippen molar-refractivity contribution in [3.05, 3.63) is 18.0 Å². The number of rotatable bonds is 7. The maximum Gasteiger partial charge on any atom is 0.164 e. The molecule has 1 aromatic heterocycles. The van der Waals surface area contributed by atoms with Crippen LogP contribution >= 0.6 is 0 Å². The molecule has 0 aliphatic carbocycles. The predicted molar refractivity (Wildman–Crippen MR) is 75.9 cm³/mol. The molecular weight excluding hydrogens is 226 g/mol. The van der Waals surface area contributed by atoms with Crippen LogP contribution in [0.5, 0.6) is 5.75 Å². The molecule has 0 bridgehead atoms. The van der Waals surface area contributed by atoms with Gasteiger partial charge in [-0.2, -0.15) is 5.10 Å². The van der Waals surface area contributed by atoms with Gasteiger partial charge in [0.05, 0.1) is 13.3 Å². The topological polar surface area (TPSA) is 39.1 Å². The monoisotopic (exact) mass is 251 g/mol. The Morgan fingerprint density at radius 3 is 2.83 bits per heavy atom. The molecule has 0 fully saturated rings. The lowest BCUT2D eigenvalue weighted by Gasteiger charge is -2.09. The molecule has 1 rings (SSSR count). The molecule has 4 heteroatoms. The second kappa shape index (κ2) is 7.21. The lowest BCUT2D eigenvalue weighted by Crippen LogP contribution is -2.23. The zero-order valence-corrected chi connectivity index (χ0v) is 12.2. The molecule has 0 unspecified atom stereocenters. The molecule has 0 amide bonds. The number of hydrogen-bond donors (Lipinski definition) is 1. The van der Waals surface area contributed by atoms with Crippen LogP contribution in [0.25, 0.3) is 5.57 Å². The molecule has 0 aliphatic heterocycles. The Morgan fingerprint density at radius 2 is 2.28 bits per heavy atom. The van der Waals surface area contributed by atoms with Crippen LogP contribution in [-0.2, 0) is 6.54 Å². The van der Waals surface area contributed by atoms with Gasteiger partial charge in [0.2, 0.25) is 0 Å². The van der Waals surface area contributed by atoms with Crippen LogP contribution in [0.4, 0.5) is 0 Å². The maximum atomic E-state index is 5.35. The van der Waals surface area contributed by atoms with Crippen molar-refractivity contribution in [1.82, 2.24) is 15.1 Å². The van der Waals surface area contributed by atoms with Crippen molar-refractivity contribution in [2.24, 2.45) is 0 Å². The Morgan fingerprint density at radius 1 is 1.56 bits per heavy atom. The van der Waals surface area contributed by atoms with Gasteiger partial charge in [-0.15, -0.1) is 0 Å². The van der Waals surface area contributed by atoms with E-state index in [-0.39, 0.29) is 0 Å². The van der Waals surface area contributed by atoms with Crippen LogP contribution < -0.4 is 10.1 Å². The first-order chi connectivity index (χ1) is 8.60. The summed E-state index contributed by atoms with van der Waals surface area (Å²) in [6.07, 6.45) is 5.03. The second-order valence-corrected chi connectivity index (χ2v) is 4.66. The van der Waals surface area contributed by atoms with E-state index in [1.165, 1.54) is 5.57 Å². The Labute approximate surface area is 110 Å². The first-order valence-corrected chi connectivity index (χ1v) is 6.60. The highest BCUT2D eigenvalue weighted by molar-refractivity contribution is 5.65. The highest BCUT2D eigenvalue weighted by atomic mass is 16.5. The maximum absolute atomic E-state index is 5.35. The number of allylic oxidation sites excluding steroid dienone is 1. The SMILES string of the molecule is CCn1ncc(OC)c1C(C)=CCCNC(C)C. The minimum absolute atomic E-state index is 0.536. The summed E-state index contributed by atoms with van der Waals surface area (Å²) in [7, 11) is 1.69. The van der Waals surface area contributed by atoms with Crippen molar-refractivity contribution in [3.8, 4) is 5.75 Å². The standard InChI is InChI=1S/C14H25N3O/c1-6-17-14(13(18-5)10-16-17)12(4)8-7-9-15-11(2)3/h8,10-11,15H,6-7,9H2,1-5H3.